The third-order valence-electron chi connectivity index (χ3n) is 4.65. The number of benzene rings is 2. The van der Waals surface area contributed by atoms with Crippen LogP contribution >= 0.6 is 0 Å². The molecule has 0 aliphatic rings. The summed E-state index contributed by atoms with van der Waals surface area (Å²) in [6, 6.07) is 19.6. The summed E-state index contributed by atoms with van der Waals surface area (Å²) in [5.74, 6) is 1.39. The third kappa shape index (κ3) is 5.78. The van der Waals surface area contributed by atoms with Crippen molar-refractivity contribution in [3.05, 3.63) is 83.8 Å². The Morgan fingerprint density at radius 2 is 1.79 bits per heavy atom. The fourth-order valence-electron chi connectivity index (χ4n) is 2.99. The summed E-state index contributed by atoms with van der Waals surface area (Å²) in [5.41, 5.74) is 2.68. The molecule has 2 aromatic carbocycles. The average Bonchev–Trinajstić information content (AvgIpc) is 2.78. The van der Waals surface area contributed by atoms with Crippen molar-refractivity contribution in [2.75, 3.05) is 25.5 Å². The zero-order valence-corrected chi connectivity index (χ0v) is 16.8. The fourth-order valence-corrected chi connectivity index (χ4v) is 2.99. The first-order valence-electron chi connectivity index (χ1n) is 9.71. The van der Waals surface area contributed by atoms with Crippen LogP contribution in [0.1, 0.15) is 28.5 Å². The molecule has 6 nitrogen and oxygen atoms in total. The van der Waals surface area contributed by atoms with E-state index in [2.05, 4.69) is 15.3 Å². The Labute approximate surface area is 171 Å². The summed E-state index contributed by atoms with van der Waals surface area (Å²) in [6.07, 6.45) is 2.27. The fraction of sp³-hybridized carbons (Fsp3) is 0.261. The van der Waals surface area contributed by atoms with Crippen LogP contribution in [0, 0.1) is 0 Å². The normalized spacial score (nSPS) is 10.4. The van der Waals surface area contributed by atoms with Crippen LogP contribution in [-0.2, 0) is 13.0 Å². The highest BCUT2D eigenvalue weighted by atomic mass is 16.5. The van der Waals surface area contributed by atoms with Gasteiger partial charge in [-0.25, -0.2) is 9.97 Å². The number of nitrogens with zero attached hydrogens (tertiary/aromatic N) is 3. The predicted molar refractivity (Wildman–Crippen MR) is 114 cm³/mol. The standard InChI is InChI=1S/C23H26N4O2/c1-3-27(16-19-7-5-4-6-8-19)23(28)21-15-22(26-17-25-21)24-14-13-18-9-11-20(29-2)12-10-18/h4-12,15,17H,3,13-14,16H2,1-2H3,(H,24,25,26). The maximum absolute atomic E-state index is 12.9. The molecule has 1 N–H and O–H groups in total. The van der Waals surface area contributed by atoms with E-state index in [0.29, 0.717) is 31.1 Å². The first kappa shape index (κ1) is 20.3. The summed E-state index contributed by atoms with van der Waals surface area (Å²) in [4.78, 5) is 23.1. The van der Waals surface area contributed by atoms with Crippen LogP contribution in [-0.4, -0.2) is 41.0 Å². The summed E-state index contributed by atoms with van der Waals surface area (Å²) in [5, 5.41) is 3.27. The Hall–Kier alpha value is -3.41. The van der Waals surface area contributed by atoms with Gasteiger partial charge < -0.3 is 15.0 Å². The van der Waals surface area contributed by atoms with Crippen molar-refractivity contribution in [3.8, 4) is 5.75 Å². The van der Waals surface area contributed by atoms with Crippen molar-refractivity contribution in [1.82, 2.24) is 14.9 Å². The lowest BCUT2D eigenvalue weighted by Gasteiger charge is -2.20. The summed E-state index contributed by atoms with van der Waals surface area (Å²) < 4.78 is 5.18. The molecule has 6 heteroatoms. The van der Waals surface area contributed by atoms with Crippen LogP contribution in [0.4, 0.5) is 5.82 Å². The number of rotatable bonds is 9. The van der Waals surface area contributed by atoms with Gasteiger partial charge in [0.05, 0.1) is 7.11 Å². The van der Waals surface area contributed by atoms with Gasteiger partial charge in [0.25, 0.3) is 5.91 Å². The van der Waals surface area contributed by atoms with Gasteiger partial charge in [0.1, 0.15) is 23.6 Å². The second-order valence-electron chi connectivity index (χ2n) is 6.62. The highest BCUT2D eigenvalue weighted by Gasteiger charge is 2.16. The second kappa shape index (κ2) is 10.2. The first-order valence-corrected chi connectivity index (χ1v) is 9.71. The third-order valence-corrected chi connectivity index (χ3v) is 4.65. The Kier molecular flexibility index (Phi) is 7.16. The molecule has 150 valence electrons. The lowest BCUT2D eigenvalue weighted by molar-refractivity contribution is 0.0746. The molecule has 0 saturated carbocycles. The Morgan fingerprint density at radius 1 is 1.03 bits per heavy atom. The van der Waals surface area contributed by atoms with Gasteiger partial charge in [-0.3, -0.25) is 4.79 Å². The molecule has 0 saturated heterocycles. The largest absolute Gasteiger partial charge is 0.497 e. The van der Waals surface area contributed by atoms with Gasteiger partial charge in [-0.05, 0) is 36.6 Å². The van der Waals surface area contributed by atoms with E-state index in [1.807, 2.05) is 61.5 Å². The number of amides is 1. The van der Waals surface area contributed by atoms with Gasteiger partial charge >= 0.3 is 0 Å². The molecule has 0 spiro atoms. The van der Waals surface area contributed by atoms with E-state index < -0.39 is 0 Å². The van der Waals surface area contributed by atoms with Gasteiger partial charge in [0.2, 0.25) is 0 Å². The van der Waals surface area contributed by atoms with Gasteiger partial charge in [0, 0.05) is 25.7 Å². The number of carbonyl (C=O) groups is 1. The molecular formula is C23H26N4O2. The minimum Gasteiger partial charge on any atom is -0.497 e. The van der Waals surface area contributed by atoms with E-state index in [4.69, 9.17) is 4.74 Å². The number of hydrogen-bond acceptors (Lipinski definition) is 5. The zero-order chi connectivity index (χ0) is 20.5. The SMILES string of the molecule is CCN(Cc1ccccc1)C(=O)c1cc(NCCc2ccc(OC)cc2)ncn1. The maximum Gasteiger partial charge on any atom is 0.272 e. The molecule has 1 aromatic heterocycles. The van der Waals surface area contributed by atoms with E-state index in [1.54, 1.807) is 18.1 Å². The molecule has 29 heavy (non-hydrogen) atoms. The molecular weight excluding hydrogens is 364 g/mol. The lowest BCUT2D eigenvalue weighted by atomic mass is 10.1. The molecule has 3 aromatic rings. The van der Waals surface area contributed by atoms with Crippen molar-refractivity contribution in [2.24, 2.45) is 0 Å². The van der Waals surface area contributed by atoms with E-state index in [-0.39, 0.29) is 5.91 Å². The molecule has 3 rings (SSSR count). The molecule has 0 bridgehead atoms. The van der Waals surface area contributed by atoms with Crippen LogP contribution in [0.15, 0.2) is 67.0 Å². The van der Waals surface area contributed by atoms with Crippen LogP contribution in [0.25, 0.3) is 0 Å². The molecule has 1 heterocycles. The summed E-state index contributed by atoms with van der Waals surface area (Å²) >= 11 is 0. The number of methoxy groups -OCH3 is 1. The Bertz CT molecular complexity index is 914. The second-order valence-corrected chi connectivity index (χ2v) is 6.62. The van der Waals surface area contributed by atoms with E-state index >= 15 is 0 Å². The molecule has 0 atom stereocenters. The zero-order valence-electron chi connectivity index (χ0n) is 16.8. The summed E-state index contributed by atoms with van der Waals surface area (Å²) in [7, 11) is 1.66. The Balaban J connectivity index is 1.59. The van der Waals surface area contributed by atoms with Crippen LogP contribution in [0.3, 0.4) is 0 Å². The number of ether oxygens (including phenoxy) is 1. The van der Waals surface area contributed by atoms with E-state index in [9.17, 15) is 4.79 Å². The van der Waals surface area contributed by atoms with E-state index in [1.165, 1.54) is 11.9 Å². The van der Waals surface area contributed by atoms with Gasteiger partial charge in [-0.15, -0.1) is 0 Å². The summed E-state index contributed by atoms with van der Waals surface area (Å²) in [6.45, 7) is 3.84. The number of anilines is 1. The number of hydrogen-bond donors (Lipinski definition) is 1. The Morgan fingerprint density at radius 3 is 2.48 bits per heavy atom. The minimum absolute atomic E-state index is 0.100. The molecule has 0 aliphatic carbocycles. The maximum atomic E-state index is 12.9. The molecule has 0 fully saturated rings. The highest BCUT2D eigenvalue weighted by Crippen LogP contribution is 2.13. The molecule has 1 amide bonds. The average molecular weight is 390 g/mol. The monoisotopic (exact) mass is 390 g/mol. The number of nitrogens with one attached hydrogen (secondary N) is 1. The van der Waals surface area contributed by atoms with Crippen molar-refractivity contribution in [2.45, 2.75) is 19.9 Å². The van der Waals surface area contributed by atoms with Crippen LogP contribution in [0.2, 0.25) is 0 Å². The van der Waals surface area contributed by atoms with Gasteiger partial charge in [-0.1, -0.05) is 42.5 Å². The van der Waals surface area contributed by atoms with E-state index in [0.717, 1.165) is 17.7 Å². The molecule has 0 aliphatic heterocycles. The van der Waals surface area contributed by atoms with Crippen LogP contribution in [0.5, 0.6) is 5.75 Å². The van der Waals surface area contributed by atoms with Gasteiger partial charge in [0.15, 0.2) is 0 Å². The number of carbonyl (C=O) groups excluding carboxylic acids is 1. The van der Waals surface area contributed by atoms with Gasteiger partial charge in [-0.2, -0.15) is 0 Å². The highest BCUT2D eigenvalue weighted by molar-refractivity contribution is 5.92. The quantitative estimate of drug-likeness (QED) is 0.602. The minimum atomic E-state index is -0.100. The van der Waals surface area contributed by atoms with Crippen LogP contribution < -0.4 is 10.1 Å². The predicted octanol–water partition coefficient (Wildman–Crippen LogP) is 3.80. The van der Waals surface area contributed by atoms with Crippen molar-refractivity contribution < 1.29 is 9.53 Å². The first-order chi connectivity index (χ1) is 14.2. The number of aromatic nitrogens is 2. The molecule has 0 unspecified atom stereocenters. The smallest absolute Gasteiger partial charge is 0.272 e. The van der Waals surface area contributed by atoms with Crippen molar-refractivity contribution in [3.63, 3.8) is 0 Å². The lowest BCUT2D eigenvalue weighted by Crippen LogP contribution is -2.31. The van der Waals surface area contributed by atoms with Crippen molar-refractivity contribution >= 4 is 11.7 Å². The topological polar surface area (TPSA) is 67.4 Å². The molecule has 0 radical (unpaired) electrons. The van der Waals surface area contributed by atoms with Crippen molar-refractivity contribution in [1.29, 1.82) is 0 Å².